The summed E-state index contributed by atoms with van der Waals surface area (Å²) in [6.07, 6.45) is -0.684. The third-order valence-corrected chi connectivity index (χ3v) is 2.82. The van der Waals surface area contributed by atoms with Gasteiger partial charge in [0.1, 0.15) is 25.3 Å². The Morgan fingerprint density at radius 2 is 1.75 bits per heavy atom. The number of ether oxygens (including phenoxy) is 2. The quantitative estimate of drug-likeness (QED) is 0.800. The number of alkyl carbamates (subject to hydrolysis) is 1. The summed E-state index contributed by atoms with van der Waals surface area (Å²) in [5, 5.41) is 2.35. The van der Waals surface area contributed by atoms with Crippen molar-refractivity contribution in [2.75, 3.05) is 20.1 Å². The third kappa shape index (κ3) is 8.17. The summed E-state index contributed by atoms with van der Waals surface area (Å²) >= 11 is 0. The maximum absolute atomic E-state index is 11.9. The van der Waals surface area contributed by atoms with Crippen LogP contribution in [0.4, 0.5) is 4.79 Å². The molecule has 0 atom stereocenters. The Kier molecular flexibility index (Phi) is 7.23. The summed E-state index contributed by atoms with van der Waals surface area (Å²) in [5.74, 6) is -0.940. The van der Waals surface area contributed by atoms with Gasteiger partial charge in [0.05, 0.1) is 0 Å². The topological polar surface area (TPSA) is 84.9 Å². The number of hydrogen-bond donors (Lipinski definition) is 1. The fourth-order valence-electron chi connectivity index (χ4n) is 1.66. The van der Waals surface area contributed by atoms with Crippen LogP contribution in [0.3, 0.4) is 0 Å². The predicted octanol–water partition coefficient (Wildman–Crippen LogP) is 1.71. The molecule has 24 heavy (non-hydrogen) atoms. The van der Waals surface area contributed by atoms with Crippen molar-refractivity contribution in [2.24, 2.45) is 0 Å². The van der Waals surface area contributed by atoms with Crippen molar-refractivity contribution in [3.8, 4) is 0 Å². The van der Waals surface area contributed by atoms with Crippen LogP contribution in [-0.2, 0) is 25.7 Å². The van der Waals surface area contributed by atoms with Gasteiger partial charge < -0.3 is 19.7 Å². The van der Waals surface area contributed by atoms with Crippen LogP contribution in [0, 0.1) is 0 Å². The second-order valence-electron chi connectivity index (χ2n) is 6.25. The SMILES string of the molecule is CN(CC(=O)OCc1ccccc1)C(=O)CNC(=O)OC(C)(C)C. The first kappa shape index (κ1) is 19.5. The number of carbonyl (C=O) groups is 3. The summed E-state index contributed by atoms with van der Waals surface area (Å²) in [6.45, 7) is 4.88. The molecule has 1 aromatic rings. The van der Waals surface area contributed by atoms with Crippen LogP contribution in [0.2, 0.25) is 0 Å². The Hall–Kier alpha value is -2.57. The van der Waals surface area contributed by atoms with Crippen molar-refractivity contribution < 1.29 is 23.9 Å². The van der Waals surface area contributed by atoms with Crippen molar-refractivity contribution in [3.05, 3.63) is 35.9 Å². The van der Waals surface area contributed by atoms with E-state index in [2.05, 4.69) is 5.32 Å². The average molecular weight is 336 g/mol. The first-order valence-corrected chi connectivity index (χ1v) is 7.58. The normalized spacial score (nSPS) is 10.7. The first-order chi connectivity index (χ1) is 11.2. The molecular formula is C17H24N2O5. The van der Waals surface area contributed by atoms with Gasteiger partial charge in [0, 0.05) is 7.05 Å². The number of benzene rings is 1. The van der Waals surface area contributed by atoms with Crippen LogP contribution in [0.1, 0.15) is 26.3 Å². The van der Waals surface area contributed by atoms with E-state index in [9.17, 15) is 14.4 Å². The molecule has 1 N–H and O–H groups in total. The summed E-state index contributed by atoms with van der Waals surface area (Å²) < 4.78 is 10.1. The molecule has 0 heterocycles. The summed E-state index contributed by atoms with van der Waals surface area (Å²) in [6, 6.07) is 9.25. The molecule has 7 nitrogen and oxygen atoms in total. The van der Waals surface area contributed by atoms with Gasteiger partial charge in [-0.05, 0) is 26.3 Å². The van der Waals surface area contributed by atoms with Gasteiger partial charge in [-0.2, -0.15) is 0 Å². The zero-order valence-corrected chi connectivity index (χ0v) is 14.5. The van der Waals surface area contributed by atoms with Crippen LogP contribution in [0.5, 0.6) is 0 Å². The Balaban J connectivity index is 2.30. The third-order valence-electron chi connectivity index (χ3n) is 2.82. The van der Waals surface area contributed by atoms with E-state index in [4.69, 9.17) is 9.47 Å². The molecule has 0 bridgehead atoms. The minimum absolute atomic E-state index is 0.151. The first-order valence-electron chi connectivity index (χ1n) is 7.58. The second kappa shape index (κ2) is 8.90. The van der Waals surface area contributed by atoms with Crippen LogP contribution in [0.15, 0.2) is 30.3 Å². The molecule has 0 aliphatic rings. The van der Waals surface area contributed by atoms with E-state index in [1.54, 1.807) is 20.8 Å². The number of carbonyl (C=O) groups excluding carboxylic acids is 3. The fourth-order valence-corrected chi connectivity index (χ4v) is 1.66. The predicted molar refractivity (Wildman–Crippen MR) is 88.1 cm³/mol. The van der Waals surface area contributed by atoms with E-state index < -0.39 is 23.6 Å². The van der Waals surface area contributed by atoms with E-state index in [1.165, 1.54) is 11.9 Å². The van der Waals surface area contributed by atoms with Gasteiger partial charge in [0.15, 0.2) is 0 Å². The molecule has 1 aromatic carbocycles. The van der Waals surface area contributed by atoms with Crippen molar-refractivity contribution in [1.82, 2.24) is 10.2 Å². The molecule has 0 radical (unpaired) electrons. The molecule has 0 saturated heterocycles. The van der Waals surface area contributed by atoms with Gasteiger partial charge in [-0.1, -0.05) is 30.3 Å². The Morgan fingerprint density at radius 1 is 1.12 bits per heavy atom. The lowest BCUT2D eigenvalue weighted by Gasteiger charge is -2.20. The lowest BCUT2D eigenvalue weighted by atomic mass is 10.2. The van der Waals surface area contributed by atoms with Gasteiger partial charge in [-0.15, -0.1) is 0 Å². The molecule has 0 aliphatic heterocycles. The molecule has 0 aliphatic carbocycles. The van der Waals surface area contributed by atoms with E-state index in [0.29, 0.717) is 0 Å². The number of amides is 2. The number of likely N-dealkylation sites (N-methyl/N-ethyl adjacent to an activating group) is 1. The highest BCUT2D eigenvalue weighted by Gasteiger charge is 2.18. The molecule has 0 spiro atoms. The van der Waals surface area contributed by atoms with Crippen molar-refractivity contribution in [3.63, 3.8) is 0 Å². The summed E-state index contributed by atoms with van der Waals surface area (Å²) in [4.78, 5) is 36.3. The molecule has 0 unspecified atom stereocenters. The zero-order valence-electron chi connectivity index (χ0n) is 14.5. The van der Waals surface area contributed by atoms with Crippen molar-refractivity contribution in [1.29, 1.82) is 0 Å². The minimum atomic E-state index is -0.684. The number of rotatable bonds is 6. The smallest absolute Gasteiger partial charge is 0.408 e. The van der Waals surface area contributed by atoms with Crippen LogP contribution in [0.25, 0.3) is 0 Å². The van der Waals surface area contributed by atoms with Crippen LogP contribution in [-0.4, -0.2) is 48.6 Å². The lowest BCUT2D eigenvalue weighted by Crippen LogP contribution is -2.42. The Morgan fingerprint density at radius 3 is 2.33 bits per heavy atom. The highest BCUT2D eigenvalue weighted by Crippen LogP contribution is 2.06. The van der Waals surface area contributed by atoms with E-state index >= 15 is 0 Å². The molecule has 2 amide bonds. The number of nitrogens with zero attached hydrogens (tertiary/aromatic N) is 1. The van der Waals surface area contributed by atoms with Crippen LogP contribution >= 0.6 is 0 Å². The van der Waals surface area contributed by atoms with Gasteiger partial charge >= 0.3 is 12.1 Å². The molecule has 132 valence electrons. The molecule has 0 aromatic heterocycles. The minimum Gasteiger partial charge on any atom is -0.459 e. The molecule has 0 fully saturated rings. The van der Waals surface area contributed by atoms with Crippen LogP contribution < -0.4 is 5.32 Å². The van der Waals surface area contributed by atoms with Gasteiger partial charge in [0.2, 0.25) is 5.91 Å². The zero-order chi connectivity index (χ0) is 18.2. The van der Waals surface area contributed by atoms with E-state index in [1.807, 2.05) is 30.3 Å². The second-order valence-corrected chi connectivity index (χ2v) is 6.25. The highest BCUT2D eigenvalue weighted by atomic mass is 16.6. The van der Waals surface area contributed by atoms with E-state index in [0.717, 1.165) is 5.56 Å². The standard InChI is InChI=1S/C17H24N2O5/c1-17(2,3)24-16(22)18-10-14(20)19(4)11-15(21)23-12-13-8-6-5-7-9-13/h5-9H,10-12H2,1-4H3,(H,18,22). The maximum atomic E-state index is 11.9. The Labute approximate surface area is 141 Å². The maximum Gasteiger partial charge on any atom is 0.408 e. The monoisotopic (exact) mass is 336 g/mol. The molecule has 1 rings (SSSR count). The van der Waals surface area contributed by atoms with Gasteiger partial charge in [-0.25, -0.2) is 4.79 Å². The highest BCUT2D eigenvalue weighted by molar-refractivity contribution is 5.85. The molecular weight excluding hydrogens is 312 g/mol. The summed E-state index contributed by atoms with van der Waals surface area (Å²) in [7, 11) is 1.46. The number of esters is 1. The molecule has 0 saturated carbocycles. The number of hydrogen-bond acceptors (Lipinski definition) is 5. The molecule has 7 heteroatoms. The van der Waals surface area contributed by atoms with Gasteiger partial charge in [0.25, 0.3) is 0 Å². The lowest BCUT2D eigenvalue weighted by molar-refractivity contribution is -0.149. The Bertz CT molecular complexity index is 566. The van der Waals surface area contributed by atoms with Gasteiger partial charge in [-0.3, -0.25) is 9.59 Å². The van der Waals surface area contributed by atoms with Crippen molar-refractivity contribution in [2.45, 2.75) is 33.0 Å². The average Bonchev–Trinajstić information content (AvgIpc) is 2.50. The summed E-state index contributed by atoms with van der Waals surface area (Å²) in [5.41, 5.74) is 0.228. The number of nitrogens with one attached hydrogen (secondary N) is 1. The van der Waals surface area contributed by atoms with Crippen molar-refractivity contribution >= 4 is 18.0 Å². The fraction of sp³-hybridized carbons (Fsp3) is 0.471. The largest absolute Gasteiger partial charge is 0.459 e. The van der Waals surface area contributed by atoms with E-state index in [-0.39, 0.29) is 19.7 Å².